The number of benzene rings is 1. The molecule has 0 atom stereocenters. The fraction of sp³-hybridized carbons (Fsp3) is 0.200. The van der Waals surface area contributed by atoms with Crippen LogP contribution in [0.15, 0.2) is 23.6 Å². The number of carbonyl (C=O) groups excluding carboxylic acids is 1. The molecule has 0 saturated carbocycles. The number of aryl methyl sites for hydroxylation is 1. The summed E-state index contributed by atoms with van der Waals surface area (Å²) < 4.78 is 10.3. The zero-order valence-electron chi connectivity index (χ0n) is 12.3. The molecular formula is C15H15ClN2O3S. The monoisotopic (exact) mass is 338 g/mol. The van der Waals surface area contributed by atoms with Crippen LogP contribution in [0.25, 0.3) is 6.08 Å². The van der Waals surface area contributed by atoms with Gasteiger partial charge in [-0.15, -0.1) is 11.3 Å². The second-order valence-electron chi connectivity index (χ2n) is 4.30. The molecule has 0 aliphatic heterocycles. The smallest absolute Gasteiger partial charge is 0.248 e. The molecule has 2 aromatic rings. The molecule has 1 heterocycles. The molecule has 1 aromatic carbocycles. The first kappa shape index (κ1) is 16.3. The number of hydrogen-bond acceptors (Lipinski definition) is 5. The summed E-state index contributed by atoms with van der Waals surface area (Å²) in [7, 11) is 3.02. The number of ether oxygens (including phenoxy) is 2. The number of aromatic nitrogens is 1. The van der Waals surface area contributed by atoms with E-state index < -0.39 is 0 Å². The number of methoxy groups -OCH3 is 2. The predicted octanol–water partition coefficient (Wildman–Crippen LogP) is 3.77. The summed E-state index contributed by atoms with van der Waals surface area (Å²) in [6.45, 7) is 1.91. The Labute approximate surface area is 137 Å². The highest BCUT2D eigenvalue weighted by atomic mass is 35.5. The fourth-order valence-electron chi connectivity index (χ4n) is 1.75. The van der Waals surface area contributed by atoms with Crippen LogP contribution in [0, 0.1) is 6.92 Å². The molecule has 1 N–H and O–H groups in total. The van der Waals surface area contributed by atoms with Gasteiger partial charge in [0.25, 0.3) is 0 Å². The molecule has 0 spiro atoms. The number of halogens is 1. The number of carbonyl (C=O) groups is 1. The largest absolute Gasteiger partial charge is 0.495 e. The lowest BCUT2D eigenvalue weighted by Gasteiger charge is -2.12. The van der Waals surface area contributed by atoms with Crippen LogP contribution < -0.4 is 14.8 Å². The Morgan fingerprint density at radius 1 is 1.32 bits per heavy atom. The van der Waals surface area contributed by atoms with Crippen LogP contribution in [-0.2, 0) is 4.79 Å². The van der Waals surface area contributed by atoms with Gasteiger partial charge in [0, 0.05) is 17.5 Å². The van der Waals surface area contributed by atoms with Gasteiger partial charge in [-0.1, -0.05) is 11.6 Å². The van der Waals surface area contributed by atoms with Crippen LogP contribution >= 0.6 is 22.9 Å². The van der Waals surface area contributed by atoms with Gasteiger partial charge in [0.2, 0.25) is 5.91 Å². The summed E-state index contributed by atoms with van der Waals surface area (Å²) in [4.78, 5) is 16.2. The summed E-state index contributed by atoms with van der Waals surface area (Å²) in [6.07, 6.45) is 3.06. The number of anilines is 1. The molecule has 0 radical (unpaired) electrons. The van der Waals surface area contributed by atoms with Gasteiger partial charge >= 0.3 is 0 Å². The third-order valence-electron chi connectivity index (χ3n) is 2.77. The highest BCUT2D eigenvalue weighted by Crippen LogP contribution is 2.35. The molecule has 22 heavy (non-hydrogen) atoms. The Kier molecular flexibility index (Phi) is 5.41. The van der Waals surface area contributed by atoms with E-state index in [1.165, 1.54) is 31.6 Å². The standard InChI is InChI=1S/C15H15ClN2O3S/c1-9-17-10(8-22-9)4-5-15(19)18-12-6-11(16)13(20-2)7-14(12)21-3/h4-8H,1-3H3,(H,18,19)/b5-4+. The van der Waals surface area contributed by atoms with E-state index in [0.717, 1.165) is 10.7 Å². The van der Waals surface area contributed by atoms with Gasteiger partial charge in [-0.3, -0.25) is 4.79 Å². The third kappa shape index (κ3) is 3.99. The number of hydrogen-bond donors (Lipinski definition) is 1. The summed E-state index contributed by atoms with van der Waals surface area (Å²) in [5.74, 6) is 0.641. The van der Waals surface area contributed by atoms with Crippen LogP contribution in [0.2, 0.25) is 5.02 Å². The van der Waals surface area contributed by atoms with Crippen LogP contribution in [0.5, 0.6) is 11.5 Å². The first-order valence-electron chi connectivity index (χ1n) is 6.36. The van der Waals surface area contributed by atoms with E-state index in [4.69, 9.17) is 21.1 Å². The molecule has 7 heteroatoms. The van der Waals surface area contributed by atoms with Gasteiger partial charge in [0.1, 0.15) is 11.5 Å². The number of rotatable bonds is 5. The first-order valence-corrected chi connectivity index (χ1v) is 7.62. The summed E-state index contributed by atoms with van der Waals surface area (Å²) in [6, 6.07) is 3.20. The van der Waals surface area contributed by atoms with E-state index in [1.807, 2.05) is 12.3 Å². The van der Waals surface area contributed by atoms with Crippen molar-refractivity contribution in [3.05, 3.63) is 39.3 Å². The molecule has 1 aromatic heterocycles. The zero-order chi connectivity index (χ0) is 16.1. The Morgan fingerprint density at radius 3 is 2.64 bits per heavy atom. The quantitative estimate of drug-likeness (QED) is 0.843. The fourth-order valence-corrected chi connectivity index (χ4v) is 2.57. The molecule has 5 nitrogen and oxygen atoms in total. The van der Waals surface area contributed by atoms with Crippen molar-refractivity contribution in [1.29, 1.82) is 0 Å². The molecule has 0 aliphatic rings. The molecule has 0 bridgehead atoms. The number of nitrogens with one attached hydrogen (secondary N) is 1. The third-order valence-corrected chi connectivity index (χ3v) is 3.86. The SMILES string of the molecule is COc1cc(OC)c(NC(=O)/C=C/c2csc(C)n2)cc1Cl. The van der Waals surface area contributed by atoms with E-state index in [9.17, 15) is 4.79 Å². The molecule has 1 amide bonds. The van der Waals surface area contributed by atoms with E-state index in [0.29, 0.717) is 22.2 Å². The minimum Gasteiger partial charge on any atom is -0.495 e. The van der Waals surface area contributed by atoms with Gasteiger partial charge in [0.05, 0.1) is 35.6 Å². The molecule has 2 rings (SSSR count). The molecule has 0 saturated heterocycles. The van der Waals surface area contributed by atoms with Crippen molar-refractivity contribution in [2.45, 2.75) is 6.92 Å². The minimum atomic E-state index is -0.301. The molecule has 116 valence electrons. The van der Waals surface area contributed by atoms with Crippen molar-refractivity contribution >= 4 is 40.6 Å². The lowest BCUT2D eigenvalue weighted by atomic mass is 10.2. The minimum absolute atomic E-state index is 0.301. The summed E-state index contributed by atoms with van der Waals surface area (Å²) >= 11 is 7.59. The predicted molar refractivity (Wildman–Crippen MR) is 89.1 cm³/mol. The first-order chi connectivity index (χ1) is 10.5. The molecule has 0 aliphatic carbocycles. The Morgan fingerprint density at radius 2 is 2.05 bits per heavy atom. The second kappa shape index (κ2) is 7.29. The van der Waals surface area contributed by atoms with Crippen LogP contribution in [0.3, 0.4) is 0 Å². The highest BCUT2D eigenvalue weighted by molar-refractivity contribution is 7.09. The van der Waals surface area contributed by atoms with Crippen LogP contribution in [0.4, 0.5) is 5.69 Å². The topological polar surface area (TPSA) is 60.5 Å². The van der Waals surface area contributed by atoms with Crippen LogP contribution in [-0.4, -0.2) is 25.1 Å². The van der Waals surface area contributed by atoms with Crippen molar-refractivity contribution in [1.82, 2.24) is 4.98 Å². The van der Waals surface area contributed by atoms with Crippen molar-refractivity contribution < 1.29 is 14.3 Å². The Hall–Kier alpha value is -2.05. The molecule has 0 fully saturated rings. The van der Waals surface area contributed by atoms with Gasteiger partial charge in [-0.05, 0) is 19.1 Å². The van der Waals surface area contributed by atoms with E-state index in [1.54, 1.807) is 18.2 Å². The number of nitrogens with zero attached hydrogens (tertiary/aromatic N) is 1. The lowest BCUT2D eigenvalue weighted by Crippen LogP contribution is -2.09. The van der Waals surface area contributed by atoms with E-state index in [-0.39, 0.29) is 5.91 Å². The van der Waals surface area contributed by atoms with Gasteiger partial charge in [-0.25, -0.2) is 4.98 Å². The average molecular weight is 339 g/mol. The van der Waals surface area contributed by atoms with Crippen molar-refractivity contribution in [3.63, 3.8) is 0 Å². The maximum Gasteiger partial charge on any atom is 0.248 e. The van der Waals surface area contributed by atoms with Gasteiger partial charge in [-0.2, -0.15) is 0 Å². The van der Waals surface area contributed by atoms with Gasteiger partial charge < -0.3 is 14.8 Å². The van der Waals surface area contributed by atoms with Crippen LogP contribution in [0.1, 0.15) is 10.7 Å². The van der Waals surface area contributed by atoms with Crippen molar-refractivity contribution in [2.75, 3.05) is 19.5 Å². The van der Waals surface area contributed by atoms with E-state index >= 15 is 0 Å². The average Bonchev–Trinajstić information content (AvgIpc) is 2.91. The molecule has 0 unspecified atom stereocenters. The Balaban J connectivity index is 2.14. The Bertz CT molecular complexity index is 713. The number of amides is 1. The normalized spacial score (nSPS) is 10.7. The maximum atomic E-state index is 12.0. The maximum absolute atomic E-state index is 12.0. The van der Waals surface area contributed by atoms with Gasteiger partial charge in [0.15, 0.2) is 0 Å². The van der Waals surface area contributed by atoms with E-state index in [2.05, 4.69) is 10.3 Å². The second-order valence-corrected chi connectivity index (χ2v) is 5.77. The zero-order valence-corrected chi connectivity index (χ0v) is 13.9. The lowest BCUT2D eigenvalue weighted by molar-refractivity contribution is -0.111. The highest BCUT2D eigenvalue weighted by Gasteiger charge is 2.11. The van der Waals surface area contributed by atoms with Crippen molar-refractivity contribution in [3.8, 4) is 11.5 Å². The summed E-state index contributed by atoms with van der Waals surface area (Å²) in [5.41, 5.74) is 1.22. The van der Waals surface area contributed by atoms with Crippen molar-refractivity contribution in [2.24, 2.45) is 0 Å². The summed E-state index contributed by atoms with van der Waals surface area (Å²) in [5, 5.41) is 5.93. The molecular weight excluding hydrogens is 324 g/mol. The number of thiazole rings is 1.